The van der Waals surface area contributed by atoms with Gasteiger partial charge in [-0.05, 0) is 12.1 Å². The lowest BCUT2D eigenvalue weighted by Gasteiger charge is -2.01. The topological polar surface area (TPSA) is 34.1 Å². The van der Waals surface area contributed by atoms with Gasteiger partial charge in [-0.3, -0.25) is 0 Å². The minimum Gasteiger partial charge on any atom is -0.380 e. The number of methoxy groups -OCH3 is 1. The Bertz CT molecular complexity index is 479. The summed E-state index contributed by atoms with van der Waals surface area (Å²) in [5, 5.41) is 6.47. The van der Waals surface area contributed by atoms with Crippen LogP contribution in [-0.2, 0) is 17.9 Å². The quantitative estimate of drug-likeness (QED) is 0.868. The molecule has 4 heteroatoms. The first kappa shape index (κ1) is 13.2. The SMILES string of the molecule is CCNCc1csc(-c2ccc(COC)cc2)n1. The van der Waals surface area contributed by atoms with Crippen LogP contribution in [-0.4, -0.2) is 18.6 Å². The largest absolute Gasteiger partial charge is 0.380 e. The van der Waals surface area contributed by atoms with E-state index < -0.39 is 0 Å². The zero-order chi connectivity index (χ0) is 12.8. The first-order chi connectivity index (χ1) is 8.83. The molecule has 96 valence electrons. The van der Waals surface area contributed by atoms with Gasteiger partial charge in [-0.1, -0.05) is 31.2 Å². The summed E-state index contributed by atoms with van der Waals surface area (Å²) in [7, 11) is 1.71. The van der Waals surface area contributed by atoms with Gasteiger partial charge in [-0.25, -0.2) is 4.98 Å². The van der Waals surface area contributed by atoms with E-state index in [2.05, 4.69) is 46.9 Å². The van der Waals surface area contributed by atoms with Crippen LogP contribution in [0.5, 0.6) is 0 Å². The molecule has 0 aliphatic rings. The molecule has 0 amide bonds. The van der Waals surface area contributed by atoms with E-state index >= 15 is 0 Å². The second kappa shape index (κ2) is 6.64. The van der Waals surface area contributed by atoms with Crippen LogP contribution in [0.2, 0.25) is 0 Å². The third-order valence-corrected chi connectivity index (χ3v) is 3.56. The Balaban J connectivity index is 2.08. The molecule has 0 fully saturated rings. The predicted molar refractivity (Wildman–Crippen MR) is 75.6 cm³/mol. The van der Waals surface area contributed by atoms with Crippen LogP contribution < -0.4 is 5.32 Å². The van der Waals surface area contributed by atoms with Crippen molar-refractivity contribution in [3.63, 3.8) is 0 Å². The van der Waals surface area contributed by atoms with Gasteiger partial charge in [0.2, 0.25) is 0 Å². The normalized spacial score (nSPS) is 10.8. The van der Waals surface area contributed by atoms with Crippen molar-refractivity contribution in [2.24, 2.45) is 0 Å². The molecule has 1 aromatic heterocycles. The third kappa shape index (κ3) is 3.38. The van der Waals surface area contributed by atoms with E-state index in [1.165, 1.54) is 11.1 Å². The van der Waals surface area contributed by atoms with Crippen LogP contribution in [0.4, 0.5) is 0 Å². The highest BCUT2D eigenvalue weighted by atomic mass is 32.1. The Morgan fingerprint density at radius 2 is 2.06 bits per heavy atom. The number of hydrogen-bond donors (Lipinski definition) is 1. The number of hydrogen-bond acceptors (Lipinski definition) is 4. The van der Waals surface area contributed by atoms with Crippen molar-refractivity contribution in [3.8, 4) is 10.6 Å². The molecule has 0 aliphatic carbocycles. The molecule has 2 rings (SSSR count). The monoisotopic (exact) mass is 262 g/mol. The molecule has 0 saturated carbocycles. The fourth-order valence-corrected chi connectivity index (χ4v) is 2.51. The lowest BCUT2D eigenvalue weighted by atomic mass is 10.1. The van der Waals surface area contributed by atoms with Crippen LogP contribution in [0.15, 0.2) is 29.6 Å². The van der Waals surface area contributed by atoms with Crippen LogP contribution >= 0.6 is 11.3 Å². The van der Waals surface area contributed by atoms with E-state index in [1.807, 2.05) is 0 Å². The summed E-state index contributed by atoms with van der Waals surface area (Å²) in [5.74, 6) is 0. The molecule has 0 radical (unpaired) electrons. The van der Waals surface area contributed by atoms with Gasteiger partial charge in [0.15, 0.2) is 0 Å². The molecular weight excluding hydrogens is 244 g/mol. The van der Waals surface area contributed by atoms with E-state index in [0.717, 1.165) is 23.8 Å². The number of ether oxygens (including phenoxy) is 1. The van der Waals surface area contributed by atoms with Gasteiger partial charge in [0.05, 0.1) is 12.3 Å². The number of thiazole rings is 1. The molecule has 2 aromatic rings. The van der Waals surface area contributed by atoms with E-state index in [4.69, 9.17) is 4.74 Å². The summed E-state index contributed by atoms with van der Waals surface area (Å²) in [4.78, 5) is 4.62. The predicted octanol–water partition coefficient (Wildman–Crippen LogP) is 3.07. The minimum atomic E-state index is 0.657. The van der Waals surface area contributed by atoms with E-state index in [1.54, 1.807) is 18.4 Å². The molecule has 0 aliphatic heterocycles. The lowest BCUT2D eigenvalue weighted by Crippen LogP contribution is -2.11. The Labute approximate surface area is 112 Å². The average molecular weight is 262 g/mol. The number of aromatic nitrogens is 1. The highest BCUT2D eigenvalue weighted by Crippen LogP contribution is 2.24. The third-order valence-electron chi connectivity index (χ3n) is 2.62. The van der Waals surface area contributed by atoms with Gasteiger partial charge in [0, 0.05) is 24.6 Å². The van der Waals surface area contributed by atoms with Gasteiger partial charge in [0.25, 0.3) is 0 Å². The standard InChI is InChI=1S/C14H18N2OS/c1-3-15-8-13-10-18-14(16-13)12-6-4-11(5-7-12)9-17-2/h4-7,10,15H,3,8-9H2,1-2H3. The second-order valence-corrected chi connectivity index (χ2v) is 4.91. The Kier molecular flexibility index (Phi) is 4.87. The van der Waals surface area contributed by atoms with Crippen LogP contribution in [0, 0.1) is 0 Å². The van der Waals surface area contributed by atoms with Crippen molar-refractivity contribution in [1.29, 1.82) is 0 Å². The van der Waals surface area contributed by atoms with Gasteiger partial charge in [0.1, 0.15) is 5.01 Å². The van der Waals surface area contributed by atoms with Crippen molar-refractivity contribution in [3.05, 3.63) is 40.9 Å². The van der Waals surface area contributed by atoms with Crippen molar-refractivity contribution < 1.29 is 4.74 Å². The molecule has 0 saturated heterocycles. The number of nitrogens with one attached hydrogen (secondary N) is 1. The molecule has 0 unspecified atom stereocenters. The maximum absolute atomic E-state index is 5.10. The Morgan fingerprint density at radius 1 is 1.28 bits per heavy atom. The summed E-state index contributed by atoms with van der Waals surface area (Å²) < 4.78 is 5.10. The first-order valence-electron chi connectivity index (χ1n) is 6.07. The van der Waals surface area contributed by atoms with Gasteiger partial charge in [-0.2, -0.15) is 0 Å². The van der Waals surface area contributed by atoms with Gasteiger partial charge < -0.3 is 10.1 Å². The lowest BCUT2D eigenvalue weighted by molar-refractivity contribution is 0.185. The molecule has 0 atom stereocenters. The summed E-state index contributed by atoms with van der Waals surface area (Å²) in [6.45, 7) is 4.57. The molecule has 18 heavy (non-hydrogen) atoms. The number of nitrogens with zero attached hydrogens (tertiary/aromatic N) is 1. The molecule has 0 spiro atoms. The van der Waals surface area contributed by atoms with Gasteiger partial charge >= 0.3 is 0 Å². The Morgan fingerprint density at radius 3 is 2.72 bits per heavy atom. The summed E-state index contributed by atoms with van der Waals surface area (Å²) >= 11 is 1.69. The highest BCUT2D eigenvalue weighted by Gasteiger charge is 2.04. The van der Waals surface area contributed by atoms with Crippen LogP contribution in [0.25, 0.3) is 10.6 Å². The minimum absolute atomic E-state index is 0.657. The first-order valence-corrected chi connectivity index (χ1v) is 6.94. The summed E-state index contributed by atoms with van der Waals surface area (Å²) in [6.07, 6.45) is 0. The van der Waals surface area contributed by atoms with Crippen LogP contribution in [0.1, 0.15) is 18.2 Å². The molecule has 3 nitrogen and oxygen atoms in total. The summed E-state index contributed by atoms with van der Waals surface area (Å²) in [5.41, 5.74) is 3.46. The highest BCUT2D eigenvalue weighted by molar-refractivity contribution is 7.13. The summed E-state index contributed by atoms with van der Waals surface area (Å²) in [6, 6.07) is 8.38. The van der Waals surface area contributed by atoms with E-state index in [0.29, 0.717) is 6.61 Å². The van der Waals surface area contributed by atoms with Crippen molar-refractivity contribution in [2.45, 2.75) is 20.1 Å². The van der Waals surface area contributed by atoms with Gasteiger partial charge in [-0.15, -0.1) is 11.3 Å². The molecule has 1 heterocycles. The van der Waals surface area contributed by atoms with Crippen molar-refractivity contribution in [2.75, 3.05) is 13.7 Å². The smallest absolute Gasteiger partial charge is 0.123 e. The molecular formula is C14H18N2OS. The van der Waals surface area contributed by atoms with Crippen molar-refractivity contribution >= 4 is 11.3 Å². The molecule has 1 aromatic carbocycles. The maximum Gasteiger partial charge on any atom is 0.123 e. The fourth-order valence-electron chi connectivity index (χ4n) is 1.68. The second-order valence-electron chi connectivity index (χ2n) is 4.05. The number of rotatable bonds is 6. The number of benzene rings is 1. The zero-order valence-electron chi connectivity index (χ0n) is 10.8. The zero-order valence-corrected chi connectivity index (χ0v) is 11.6. The average Bonchev–Trinajstić information content (AvgIpc) is 2.86. The van der Waals surface area contributed by atoms with Crippen molar-refractivity contribution in [1.82, 2.24) is 10.3 Å². The van der Waals surface area contributed by atoms with Crippen LogP contribution in [0.3, 0.4) is 0 Å². The fraction of sp³-hybridized carbons (Fsp3) is 0.357. The Hall–Kier alpha value is -1.23. The van der Waals surface area contributed by atoms with E-state index in [9.17, 15) is 0 Å². The molecule has 0 bridgehead atoms. The van der Waals surface area contributed by atoms with E-state index in [-0.39, 0.29) is 0 Å². The molecule has 1 N–H and O–H groups in total. The maximum atomic E-state index is 5.10.